The van der Waals surface area contributed by atoms with Gasteiger partial charge in [-0.2, -0.15) is 0 Å². The summed E-state index contributed by atoms with van der Waals surface area (Å²) in [6.45, 7) is 6.54. The Morgan fingerprint density at radius 2 is 2.00 bits per heavy atom. The Labute approximate surface area is 143 Å². The van der Waals surface area contributed by atoms with Gasteiger partial charge in [0.2, 0.25) is 0 Å². The molecule has 1 N–H and O–H groups in total. The average molecular weight is 337 g/mol. The zero-order valence-electron chi connectivity index (χ0n) is 14.1. The lowest BCUT2D eigenvalue weighted by molar-refractivity contribution is 0.0342. The lowest BCUT2D eigenvalue weighted by atomic mass is 10.00. The second-order valence-corrected chi connectivity index (χ2v) is 7.90. The summed E-state index contributed by atoms with van der Waals surface area (Å²) in [5, 5.41) is 3.17. The number of ether oxygens (including phenoxy) is 1. The molecule has 5 heteroatoms. The highest BCUT2D eigenvalue weighted by molar-refractivity contribution is 7.14. The molecule has 0 bridgehead atoms. The largest absolute Gasteiger partial charge is 0.379 e. The number of rotatable bonds is 4. The number of morpholine rings is 1. The van der Waals surface area contributed by atoms with Crippen LogP contribution >= 0.6 is 11.3 Å². The van der Waals surface area contributed by atoms with Crippen LogP contribution in [0.25, 0.3) is 0 Å². The lowest BCUT2D eigenvalue weighted by Gasteiger charge is -2.29. The second-order valence-electron chi connectivity index (χ2n) is 6.76. The molecule has 1 aliphatic carbocycles. The van der Waals surface area contributed by atoms with Gasteiger partial charge in [0.25, 0.3) is 5.91 Å². The first-order valence-corrected chi connectivity index (χ1v) is 9.76. The van der Waals surface area contributed by atoms with Gasteiger partial charge in [0.15, 0.2) is 0 Å². The molecule has 1 aliphatic heterocycles. The number of carbonyl (C=O) groups is 1. The summed E-state index contributed by atoms with van der Waals surface area (Å²) in [7, 11) is 0. The number of hydrogen-bond acceptors (Lipinski definition) is 4. The molecule has 2 aliphatic rings. The van der Waals surface area contributed by atoms with Gasteiger partial charge >= 0.3 is 0 Å². The van der Waals surface area contributed by atoms with E-state index in [0.717, 1.165) is 50.6 Å². The summed E-state index contributed by atoms with van der Waals surface area (Å²) >= 11 is 1.71. The molecule has 2 heterocycles. The predicted octanol–water partition coefficient (Wildman–Crippen LogP) is 2.86. The van der Waals surface area contributed by atoms with E-state index >= 15 is 0 Å². The minimum atomic E-state index is 0.0995. The third-order valence-corrected chi connectivity index (χ3v) is 5.97. The van der Waals surface area contributed by atoms with E-state index in [1.807, 2.05) is 0 Å². The standard InChI is InChI=1S/C18H28N2O2S/c1-14(13-20-8-10-22-11-9-20)19-18(21)17-12-15-6-4-2-3-5-7-16(15)23-17/h12,14H,2-11,13H2,1H3,(H,19,21)/t14-/m0/s1. The maximum atomic E-state index is 12.5. The molecule has 1 aromatic rings. The van der Waals surface area contributed by atoms with E-state index in [0.29, 0.717) is 0 Å². The number of hydrogen-bond donors (Lipinski definition) is 1. The van der Waals surface area contributed by atoms with E-state index < -0.39 is 0 Å². The third-order valence-electron chi connectivity index (χ3n) is 4.73. The first kappa shape index (κ1) is 16.9. The highest BCUT2D eigenvalue weighted by Gasteiger charge is 2.19. The molecule has 4 nitrogen and oxygen atoms in total. The Balaban J connectivity index is 1.55. The normalized spacial score (nSPS) is 21.1. The molecule has 0 spiro atoms. The summed E-state index contributed by atoms with van der Waals surface area (Å²) in [6, 6.07) is 2.31. The van der Waals surface area contributed by atoms with E-state index in [9.17, 15) is 4.79 Å². The van der Waals surface area contributed by atoms with Crippen molar-refractivity contribution in [1.29, 1.82) is 0 Å². The Morgan fingerprint density at radius 1 is 1.26 bits per heavy atom. The van der Waals surface area contributed by atoms with Crippen LogP contribution in [0.5, 0.6) is 0 Å². The summed E-state index contributed by atoms with van der Waals surface area (Å²) in [5.74, 6) is 0.0995. The van der Waals surface area contributed by atoms with E-state index in [-0.39, 0.29) is 11.9 Å². The van der Waals surface area contributed by atoms with Crippen molar-refractivity contribution in [2.75, 3.05) is 32.8 Å². The van der Waals surface area contributed by atoms with Gasteiger partial charge in [0, 0.05) is 30.6 Å². The van der Waals surface area contributed by atoms with Crippen LogP contribution in [0.4, 0.5) is 0 Å². The van der Waals surface area contributed by atoms with Crippen molar-refractivity contribution >= 4 is 17.2 Å². The highest BCUT2D eigenvalue weighted by Crippen LogP contribution is 2.28. The van der Waals surface area contributed by atoms with Crippen molar-refractivity contribution in [1.82, 2.24) is 10.2 Å². The number of fused-ring (bicyclic) bond motifs is 1. The molecular formula is C18H28N2O2S. The van der Waals surface area contributed by atoms with Crippen molar-refractivity contribution in [2.45, 2.75) is 51.5 Å². The monoisotopic (exact) mass is 336 g/mol. The Morgan fingerprint density at radius 3 is 2.78 bits per heavy atom. The van der Waals surface area contributed by atoms with Crippen molar-refractivity contribution in [3.63, 3.8) is 0 Å². The lowest BCUT2D eigenvalue weighted by Crippen LogP contribution is -2.45. The molecular weight excluding hydrogens is 308 g/mol. The molecule has 1 atom stereocenters. The molecule has 0 aromatic carbocycles. The highest BCUT2D eigenvalue weighted by atomic mass is 32.1. The minimum Gasteiger partial charge on any atom is -0.379 e. The van der Waals surface area contributed by atoms with Crippen LogP contribution in [-0.4, -0.2) is 49.7 Å². The van der Waals surface area contributed by atoms with Crippen LogP contribution in [0.3, 0.4) is 0 Å². The Kier molecular flexibility index (Phi) is 6.08. The average Bonchev–Trinajstić information content (AvgIpc) is 2.90. The van der Waals surface area contributed by atoms with Crippen molar-refractivity contribution < 1.29 is 9.53 Å². The zero-order chi connectivity index (χ0) is 16.1. The molecule has 0 saturated carbocycles. The quantitative estimate of drug-likeness (QED) is 0.919. The van der Waals surface area contributed by atoms with Gasteiger partial charge in [-0.05, 0) is 44.2 Å². The molecule has 0 radical (unpaired) electrons. The fraction of sp³-hybridized carbons (Fsp3) is 0.722. The topological polar surface area (TPSA) is 41.6 Å². The van der Waals surface area contributed by atoms with Gasteiger partial charge in [-0.1, -0.05) is 12.8 Å². The maximum absolute atomic E-state index is 12.5. The Hall–Kier alpha value is -0.910. The van der Waals surface area contributed by atoms with Gasteiger partial charge in [-0.15, -0.1) is 11.3 Å². The number of thiophene rings is 1. The summed E-state index contributed by atoms with van der Waals surface area (Å²) in [5.41, 5.74) is 1.42. The number of amides is 1. The molecule has 1 saturated heterocycles. The van der Waals surface area contributed by atoms with E-state index in [1.54, 1.807) is 11.3 Å². The van der Waals surface area contributed by atoms with Crippen LogP contribution in [0.2, 0.25) is 0 Å². The van der Waals surface area contributed by atoms with Crippen molar-refractivity contribution in [3.05, 3.63) is 21.4 Å². The number of aryl methyl sites for hydroxylation is 2. The number of carbonyl (C=O) groups excluding carboxylic acids is 1. The molecule has 1 amide bonds. The Bertz CT molecular complexity index is 498. The van der Waals surface area contributed by atoms with Gasteiger partial charge in [0.1, 0.15) is 0 Å². The van der Waals surface area contributed by atoms with Crippen molar-refractivity contribution in [2.24, 2.45) is 0 Å². The SMILES string of the molecule is C[C@@H](CN1CCOCC1)NC(=O)c1cc2c(s1)CCCCCC2. The van der Waals surface area contributed by atoms with Gasteiger partial charge in [-0.25, -0.2) is 0 Å². The summed E-state index contributed by atoms with van der Waals surface area (Å²) in [4.78, 5) is 17.2. The predicted molar refractivity (Wildman–Crippen MR) is 94.4 cm³/mol. The first-order valence-electron chi connectivity index (χ1n) is 8.95. The van der Waals surface area contributed by atoms with Gasteiger partial charge < -0.3 is 10.1 Å². The van der Waals surface area contributed by atoms with E-state index in [2.05, 4.69) is 23.2 Å². The molecule has 1 fully saturated rings. The molecule has 0 unspecified atom stereocenters. The fourth-order valence-corrected chi connectivity index (χ4v) is 4.62. The molecule has 128 valence electrons. The minimum absolute atomic E-state index is 0.0995. The van der Waals surface area contributed by atoms with Crippen molar-refractivity contribution in [3.8, 4) is 0 Å². The molecule has 1 aromatic heterocycles. The van der Waals surface area contributed by atoms with Crippen LogP contribution in [0.1, 0.15) is 52.7 Å². The number of nitrogens with one attached hydrogen (secondary N) is 1. The second kappa shape index (κ2) is 8.27. The van der Waals surface area contributed by atoms with Gasteiger partial charge in [-0.3, -0.25) is 9.69 Å². The zero-order valence-corrected chi connectivity index (χ0v) is 14.9. The fourth-order valence-electron chi connectivity index (χ4n) is 3.47. The van der Waals surface area contributed by atoms with E-state index in [4.69, 9.17) is 4.74 Å². The van der Waals surface area contributed by atoms with E-state index in [1.165, 1.54) is 36.1 Å². The third kappa shape index (κ3) is 4.78. The van der Waals surface area contributed by atoms with Crippen LogP contribution in [-0.2, 0) is 17.6 Å². The molecule has 3 rings (SSSR count). The van der Waals surface area contributed by atoms with Gasteiger partial charge in [0.05, 0.1) is 18.1 Å². The van der Waals surface area contributed by atoms with Crippen LogP contribution in [0.15, 0.2) is 6.07 Å². The first-order chi connectivity index (χ1) is 11.2. The number of nitrogens with zero attached hydrogens (tertiary/aromatic N) is 1. The van der Waals surface area contributed by atoms with Crippen LogP contribution < -0.4 is 5.32 Å². The maximum Gasteiger partial charge on any atom is 0.261 e. The molecule has 23 heavy (non-hydrogen) atoms. The van der Waals surface area contributed by atoms with Crippen LogP contribution in [0, 0.1) is 0 Å². The summed E-state index contributed by atoms with van der Waals surface area (Å²) < 4.78 is 5.37. The summed E-state index contributed by atoms with van der Waals surface area (Å²) in [6.07, 6.45) is 7.47. The smallest absolute Gasteiger partial charge is 0.261 e.